The Labute approximate surface area is 218 Å². The standard InChI is InChI=1S/C28H33N3O3S2/c1-20(2)17-24(26(30)32)31(27(19-29)14-15-27)25(23-11-16-35-18-23)28(36(3,33)34)12-9-22(10-13-28)21-7-5-4-6-8-21/h4-13,16,18,20,22,24-25H,14-15,17H2,1-3H3,(H2,30,32)/t22?,24-,25-,28?/m0/s1. The number of nitrogens with zero attached hydrogens (tertiary/aromatic N) is 2. The number of carbonyl (C=O) groups excluding carboxylic acids is 1. The molecule has 2 atom stereocenters. The van der Waals surface area contributed by atoms with E-state index in [1.165, 1.54) is 17.6 Å². The number of nitrogens with two attached hydrogens (primary N) is 1. The van der Waals surface area contributed by atoms with Crippen molar-refractivity contribution < 1.29 is 13.2 Å². The molecule has 2 aliphatic rings. The van der Waals surface area contributed by atoms with Gasteiger partial charge in [-0.15, -0.1) is 0 Å². The molecule has 4 rings (SSSR count). The van der Waals surface area contributed by atoms with Gasteiger partial charge in [0.15, 0.2) is 9.84 Å². The third kappa shape index (κ3) is 4.80. The maximum Gasteiger partial charge on any atom is 0.234 e. The molecule has 36 heavy (non-hydrogen) atoms. The molecule has 0 bridgehead atoms. The Balaban J connectivity index is 1.93. The first-order valence-corrected chi connectivity index (χ1v) is 15.0. The first-order chi connectivity index (χ1) is 17.0. The summed E-state index contributed by atoms with van der Waals surface area (Å²) in [6, 6.07) is 12.6. The summed E-state index contributed by atoms with van der Waals surface area (Å²) in [7, 11) is -3.76. The minimum Gasteiger partial charge on any atom is -0.368 e. The summed E-state index contributed by atoms with van der Waals surface area (Å²) in [4.78, 5) is 14.7. The largest absolute Gasteiger partial charge is 0.368 e. The molecule has 0 unspecified atom stereocenters. The van der Waals surface area contributed by atoms with Crippen molar-refractivity contribution in [3.05, 3.63) is 82.6 Å². The molecule has 1 aromatic carbocycles. The molecule has 2 aromatic rings. The highest BCUT2D eigenvalue weighted by Gasteiger charge is 2.60. The average molecular weight is 524 g/mol. The molecule has 6 nitrogen and oxygen atoms in total. The second-order valence-electron chi connectivity index (χ2n) is 10.3. The first kappa shape index (κ1) is 26.3. The number of nitriles is 1. The fourth-order valence-corrected chi connectivity index (χ4v) is 7.30. The zero-order valence-corrected chi connectivity index (χ0v) is 22.5. The van der Waals surface area contributed by atoms with Crippen molar-refractivity contribution in [2.24, 2.45) is 11.7 Å². The number of hydrogen-bond acceptors (Lipinski definition) is 6. The Bertz CT molecular complexity index is 1270. The van der Waals surface area contributed by atoms with Gasteiger partial charge in [-0.25, -0.2) is 8.42 Å². The van der Waals surface area contributed by atoms with Gasteiger partial charge >= 0.3 is 0 Å². The fraction of sp³-hybridized carbons (Fsp3) is 0.429. The third-order valence-corrected chi connectivity index (χ3v) is 9.79. The van der Waals surface area contributed by atoms with E-state index in [1.54, 1.807) is 12.2 Å². The summed E-state index contributed by atoms with van der Waals surface area (Å²) in [5.41, 5.74) is 6.83. The number of hydrogen-bond donors (Lipinski definition) is 1. The predicted octanol–water partition coefficient (Wildman–Crippen LogP) is 4.74. The van der Waals surface area contributed by atoms with Gasteiger partial charge in [0.05, 0.1) is 18.2 Å². The molecule has 1 heterocycles. The molecule has 190 valence electrons. The van der Waals surface area contributed by atoms with Gasteiger partial charge in [0, 0.05) is 12.2 Å². The minimum absolute atomic E-state index is 0.0777. The van der Waals surface area contributed by atoms with E-state index in [9.17, 15) is 18.5 Å². The summed E-state index contributed by atoms with van der Waals surface area (Å²) >= 11 is 1.46. The number of sulfone groups is 1. The van der Waals surface area contributed by atoms with E-state index >= 15 is 0 Å². The van der Waals surface area contributed by atoms with Crippen LogP contribution in [0, 0.1) is 17.2 Å². The molecular weight excluding hydrogens is 490 g/mol. The average Bonchev–Trinajstić information content (AvgIpc) is 3.45. The van der Waals surface area contributed by atoms with Crippen LogP contribution in [0.4, 0.5) is 0 Å². The lowest BCUT2D eigenvalue weighted by molar-refractivity contribution is -0.126. The Morgan fingerprint density at radius 2 is 1.83 bits per heavy atom. The van der Waals surface area contributed by atoms with E-state index in [0.717, 1.165) is 11.1 Å². The van der Waals surface area contributed by atoms with E-state index in [1.807, 2.05) is 78.1 Å². The van der Waals surface area contributed by atoms with Gasteiger partial charge in [-0.2, -0.15) is 16.6 Å². The minimum atomic E-state index is -3.76. The van der Waals surface area contributed by atoms with Crippen LogP contribution < -0.4 is 5.73 Å². The summed E-state index contributed by atoms with van der Waals surface area (Å²) in [6.07, 6.45) is 10.1. The van der Waals surface area contributed by atoms with Crippen LogP contribution in [0.1, 0.15) is 56.2 Å². The van der Waals surface area contributed by atoms with Crippen LogP contribution in [0.15, 0.2) is 71.5 Å². The molecule has 2 aliphatic carbocycles. The zero-order chi connectivity index (χ0) is 26.1. The van der Waals surface area contributed by atoms with Crippen LogP contribution in [-0.4, -0.2) is 41.8 Å². The number of rotatable bonds is 10. The molecule has 1 amide bonds. The highest BCUT2D eigenvalue weighted by molar-refractivity contribution is 7.92. The van der Waals surface area contributed by atoms with Crippen molar-refractivity contribution in [1.29, 1.82) is 5.26 Å². The number of primary amides is 1. The Morgan fingerprint density at radius 1 is 1.19 bits per heavy atom. The summed E-state index contributed by atoms with van der Waals surface area (Å²) < 4.78 is 26.0. The first-order valence-electron chi connectivity index (χ1n) is 12.2. The summed E-state index contributed by atoms with van der Waals surface area (Å²) in [6.45, 7) is 3.99. The molecule has 0 saturated heterocycles. The lowest BCUT2D eigenvalue weighted by Crippen LogP contribution is -2.59. The lowest BCUT2D eigenvalue weighted by atomic mass is 9.82. The maximum atomic E-state index is 13.7. The van der Waals surface area contributed by atoms with E-state index in [0.29, 0.717) is 19.3 Å². The highest BCUT2D eigenvalue weighted by atomic mass is 32.2. The fourth-order valence-electron chi connectivity index (χ4n) is 5.31. The molecular formula is C28H33N3O3S2. The number of thiophene rings is 1. The summed E-state index contributed by atoms with van der Waals surface area (Å²) in [5, 5.41) is 14.1. The van der Waals surface area contributed by atoms with Crippen LogP contribution in [0.5, 0.6) is 0 Å². The molecule has 0 aliphatic heterocycles. The molecule has 0 spiro atoms. The Morgan fingerprint density at radius 3 is 2.28 bits per heavy atom. The van der Waals surface area contributed by atoms with Crippen molar-refractivity contribution in [3.8, 4) is 6.07 Å². The van der Waals surface area contributed by atoms with Crippen LogP contribution in [-0.2, 0) is 14.6 Å². The van der Waals surface area contributed by atoms with E-state index in [-0.39, 0.29) is 11.8 Å². The number of carbonyl (C=O) groups is 1. The van der Waals surface area contributed by atoms with Crippen LogP contribution in [0.25, 0.3) is 0 Å². The van der Waals surface area contributed by atoms with Crippen molar-refractivity contribution in [2.45, 2.75) is 61.4 Å². The van der Waals surface area contributed by atoms with Gasteiger partial charge in [-0.1, -0.05) is 68.5 Å². The maximum absolute atomic E-state index is 13.7. The lowest BCUT2D eigenvalue weighted by Gasteiger charge is -2.48. The quantitative estimate of drug-likeness (QED) is 0.453. The van der Waals surface area contributed by atoms with E-state index in [4.69, 9.17) is 5.73 Å². The third-order valence-electron chi connectivity index (χ3n) is 7.30. The number of allylic oxidation sites excluding steroid dienone is 2. The predicted molar refractivity (Wildman–Crippen MR) is 144 cm³/mol. The van der Waals surface area contributed by atoms with Gasteiger partial charge in [0.2, 0.25) is 5.91 Å². The molecule has 8 heteroatoms. The zero-order valence-electron chi connectivity index (χ0n) is 20.9. The van der Waals surface area contributed by atoms with Gasteiger partial charge in [-0.05, 0) is 53.1 Å². The summed E-state index contributed by atoms with van der Waals surface area (Å²) in [5.74, 6) is -0.497. The second-order valence-corrected chi connectivity index (χ2v) is 13.4. The number of benzene rings is 1. The normalized spacial score (nSPS) is 24.4. The van der Waals surface area contributed by atoms with Gasteiger partial charge in [0.25, 0.3) is 0 Å². The Kier molecular flexibility index (Phi) is 7.29. The molecule has 1 fully saturated rings. The van der Waals surface area contributed by atoms with E-state index in [2.05, 4.69) is 6.07 Å². The SMILES string of the molecule is CC(C)C[C@@H](C(N)=O)N([C@@H](c1ccsc1)C1(S(C)(=O)=O)C=CC(c2ccccc2)C=C1)C1(C#N)CC1. The second kappa shape index (κ2) is 9.97. The molecule has 0 radical (unpaired) electrons. The number of amides is 1. The smallest absolute Gasteiger partial charge is 0.234 e. The molecule has 1 aromatic heterocycles. The monoisotopic (exact) mass is 523 g/mol. The molecule has 2 N–H and O–H groups in total. The van der Waals surface area contributed by atoms with Crippen molar-refractivity contribution in [1.82, 2.24) is 4.90 Å². The van der Waals surface area contributed by atoms with Gasteiger partial charge < -0.3 is 5.73 Å². The van der Waals surface area contributed by atoms with Crippen LogP contribution in [0.2, 0.25) is 0 Å². The topological polar surface area (TPSA) is 104 Å². The van der Waals surface area contributed by atoms with Gasteiger partial charge in [0.1, 0.15) is 10.3 Å². The van der Waals surface area contributed by atoms with Crippen molar-refractivity contribution in [2.75, 3.05) is 6.26 Å². The molecule has 1 saturated carbocycles. The Hall–Kier alpha value is -2.73. The van der Waals surface area contributed by atoms with Crippen LogP contribution in [0.3, 0.4) is 0 Å². The van der Waals surface area contributed by atoms with Crippen molar-refractivity contribution in [3.63, 3.8) is 0 Å². The van der Waals surface area contributed by atoms with Gasteiger partial charge in [-0.3, -0.25) is 9.69 Å². The van der Waals surface area contributed by atoms with E-state index < -0.39 is 38.1 Å². The highest BCUT2D eigenvalue weighted by Crippen LogP contribution is 2.53. The van der Waals surface area contributed by atoms with Crippen LogP contribution >= 0.6 is 11.3 Å². The van der Waals surface area contributed by atoms with Crippen molar-refractivity contribution >= 4 is 27.1 Å².